The minimum Gasteiger partial charge on any atom is -0.369 e. The normalized spacial score (nSPS) is 21.2. The highest BCUT2D eigenvalue weighted by Gasteiger charge is 2.29. The second kappa shape index (κ2) is 5.23. The maximum atomic E-state index is 11.2. The van der Waals surface area contributed by atoms with E-state index in [1.54, 1.807) is 0 Å². The van der Waals surface area contributed by atoms with E-state index in [-0.39, 0.29) is 17.6 Å². The van der Waals surface area contributed by atoms with Crippen LogP contribution in [-0.2, 0) is 14.3 Å². The van der Waals surface area contributed by atoms with E-state index in [2.05, 4.69) is 0 Å². The van der Waals surface area contributed by atoms with Gasteiger partial charge in [0.05, 0.1) is 0 Å². The zero-order valence-corrected chi connectivity index (χ0v) is 9.23. The lowest BCUT2D eigenvalue weighted by atomic mass is 9.96. The van der Waals surface area contributed by atoms with Crippen LogP contribution in [0.4, 0.5) is 0 Å². The van der Waals surface area contributed by atoms with Gasteiger partial charge in [0.15, 0.2) is 12.0 Å². The molecule has 0 aromatic heterocycles. The third-order valence-corrected chi connectivity index (χ3v) is 2.83. The minimum absolute atomic E-state index is 0.00461. The number of Topliss-reactive ketones (excluding diaryl/α,β-unsaturated/α-hetero) is 1. The Morgan fingerprint density at radius 3 is 2.27 bits per heavy atom. The molecule has 0 spiro atoms. The first-order chi connectivity index (χ1) is 7.06. The van der Waals surface area contributed by atoms with Gasteiger partial charge >= 0.3 is 0 Å². The summed E-state index contributed by atoms with van der Waals surface area (Å²) in [5.74, 6) is -0.299. The zero-order valence-electron chi connectivity index (χ0n) is 9.23. The van der Waals surface area contributed by atoms with Gasteiger partial charge in [-0.05, 0) is 19.8 Å². The van der Waals surface area contributed by atoms with E-state index in [1.165, 1.54) is 14.0 Å². The third-order valence-electron chi connectivity index (χ3n) is 2.83. The average molecular weight is 214 g/mol. The maximum absolute atomic E-state index is 11.2. The fourth-order valence-electron chi connectivity index (χ4n) is 1.99. The van der Waals surface area contributed by atoms with Crippen molar-refractivity contribution in [1.29, 1.82) is 0 Å². The Hall–Kier alpha value is -0.940. The molecule has 1 amide bonds. The molecule has 0 aliphatic carbocycles. The second-order valence-corrected chi connectivity index (χ2v) is 3.91. The van der Waals surface area contributed by atoms with Crippen LogP contribution in [0.25, 0.3) is 0 Å². The number of ether oxygens (including phenoxy) is 1. The number of rotatable bonds is 4. The maximum Gasteiger partial charge on any atom is 0.220 e. The minimum atomic E-state index is -0.473. The smallest absolute Gasteiger partial charge is 0.220 e. The molecule has 0 bridgehead atoms. The molecule has 1 atom stereocenters. The Bertz CT molecular complexity index is 247. The Morgan fingerprint density at radius 1 is 1.40 bits per heavy atom. The highest BCUT2D eigenvalue weighted by Crippen LogP contribution is 2.19. The lowest BCUT2D eigenvalue weighted by molar-refractivity contribution is -0.141. The van der Waals surface area contributed by atoms with Gasteiger partial charge in [-0.2, -0.15) is 0 Å². The summed E-state index contributed by atoms with van der Waals surface area (Å²) in [6.07, 6.45) is 0.948. The van der Waals surface area contributed by atoms with Gasteiger partial charge in [0, 0.05) is 26.1 Å². The fraction of sp³-hybridized carbons (Fsp3) is 0.800. The van der Waals surface area contributed by atoms with Crippen LogP contribution in [0.1, 0.15) is 19.8 Å². The predicted octanol–water partition coefficient (Wildman–Crippen LogP) is -0.255. The highest BCUT2D eigenvalue weighted by molar-refractivity contribution is 5.80. The van der Waals surface area contributed by atoms with Gasteiger partial charge in [0.2, 0.25) is 5.91 Å². The number of nitrogens with zero attached hydrogens (tertiary/aromatic N) is 1. The Morgan fingerprint density at radius 2 is 1.93 bits per heavy atom. The van der Waals surface area contributed by atoms with Crippen LogP contribution in [0.2, 0.25) is 0 Å². The number of piperidine rings is 1. The summed E-state index contributed by atoms with van der Waals surface area (Å²) < 4.78 is 5.11. The van der Waals surface area contributed by atoms with Crippen LogP contribution in [-0.4, -0.2) is 43.0 Å². The molecule has 1 aliphatic heterocycles. The van der Waals surface area contributed by atoms with Crippen LogP contribution in [0.3, 0.4) is 0 Å². The predicted molar refractivity (Wildman–Crippen MR) is 55.0 cm³/mol. The Balaban J connectivity index is 2.49. The summed E-state index contributed by atoms with van der Waals surface area (Å²) in [6, 6.07) is 0. The molecule has 1 heterocycles. The number of ketones is 1. The van der Waals surface area contributed by atoms with E-state index < -0.39 is 6.23 Å². The van der Waals surface area contributed by atoms with Crippen LogP contribution in [0, 0.1) is 5.92 Å². The van der Waals surface area contributed by atoms with Gasteiger partial charge in [-0.25, -0.2) is 0 Å². The first kappa shape index (κ1) is 12.1. The van der Waals surface area contributed by atoms with Crippen LogP contribution < -0.4 is 5.73 Å². The molecule has 2 N–H and O–H groups in total. The number of nitrogens with two attached hydrogens (primary N) is 1. The first-order valence-electron chi connectivity index (χ1n) is 5.13. The van der Waals surface area contributed by atoms with Crippen molar-refractivity contribution in [2.45, 2.75) is 26.0 Å². The van der Waals surface area contributed by atoms with Crippen LogP contribution in [0.15, 0.2) is 0 Å². The number of carbonyl (C=O) groups excluding carboxylic acids is 2. The van der Waals surface area contributed by atoms with Crippen molar-refractivity contribution >= 4 is 11.7 Å². The third kappa shape index (κ3) is 3.00. The zero-order chi connectivity index (χ0) is 11.4. The molecule has 0 radical (unpaired) electrons. The molecular formula is C10H18N2O3. The van der Waals surface area contributed by atoms with Crippen molar-refractivity contribution in [3.05, 3.63) is 0 Å². The summed E-state index contributed by atoms with van der Waals surface area (Å²) in [7, 11) is 1.52. The van der Waals surface area contributed by atoms with Crippen molar-refractivity contribution in [2.75, 3.05) is 20.2 Å². The van der Waals surface area contributed by atoms with Crippen molar-refractivity contribution in [3.8, 4) is 0 Å². The second-order valence-electron chi connectivity index (χ2n) is 3.91. The number of hydrogen-bond acceptors (Lipinski definition) is 4. The molecule has 5 heteroatoms. The Labute approximate surface area is 89.6 Å². The van der Waals surface area contributed by atoms with Crippen molar-refractivity contribution < 1.29 is 14.3 Å². The SMILES string of the molecule is COC(C(C)=O)N1CCC(C(N)=O)CC1. The molecule has 0 aromatic carbocycles. The quantitative estimate of drug-likeness (QED) is 0.700. The molecule has 1 saturated heterocycles. The standard InChI is InChI=1S/C10H18N2O3/c1-7(13)10(15-2)12-5-3-8(4-6-12)9(11)14/h8,10H,3-6H2,1-2H3,(H2,11,14). The number of carbonyl (C=O) groups is 2. The fourth-order valence-corrected chi connectivity index (χ4v) is 1.99. The first-order valence-corrected chi connectivity index (χ1v) is 5.13. The van der Waals surface area contributed by atoms with Crippen LogP contribution >= 0.6 is 0 Å². The molecule has 1 fully saturated rings. The molecule has 1 rings (SSSR count). The van der Waals surface area contributed by atoms with Crippen molar-refractivity contribution in [1.82, 2.24) is 4.90 Å². The molecule has 0 saturated carbocycles. The largest absolute Gasteiger partial charge is 0.369 e. The molecular weight excluding hydrogens is 196 g/mol. The van der Waals surface area contributed by atoms with Gasteiger partial charge in [-0.3, -0.25) is 14.5 Å². The van der Waals surface area contributed by atoms with Crippen LogP contribution in [0.5, 0.6) is 0 Å². The average Bonchev–Trinajstić information content (AvgIpc) is 2.19. The molecule has 1 unspecified atom stereocenters. The topological polar surface area (TPSA) is 72.6 Å². The monoisotopic (exact) mass is 214 g/mol. The van der Waals surface area contributed by atoms with E-state index in [1.807, 2.05) is 4.90 Å². The van der Waals surface area contributed by atoms with E-state index in [4.69, 9.17) is 10.5 Å². The van der Waals surface area contributed by atoms with E-state index in [0.29, 0.717) is 25.9 Å². The summed E-state index contributed by atoms with van der Waals surface area (Å²) in [5.41, 5.74) is 5.23. The number of primary amides is 1. The van der Waals surface area contributed by atoms with Gasteiger partial charge < -0.3 is 10.5 Å². The van der Waals surface area contributed by atoms with Gasteiger partial charge in [-0.1, -0.05) is 0 Å². The molecule has 0 aromatic rings. The van der Waals surface area contributed by atoms with Gasteiger partial charge in [0.1, 0.15) is 0 Å². The molecule has 86 valence electrons. The number of hydrogen-bond donors (Lipinski definition) is 1. The van der Waals surface area contributed by atoms with Crippen molar-refractivity contribution in [3.63, 3.8) is 0 Å². The summed E-state index contributed by atoms with van der Waals surface area (Å²) in [6.45, 7) is 2.88. The number of likely N-dealkylation sites (tertiary alicyclic amines) is 1. The van der Waals surface area contributed by atoms with Gasteiger partial charge in [-0.15, -0.1) is 0 Å². The van der Waals surface area contributed by atoms with Crippen molar-refractivity contribution in [2.24, 2.45) is 11.7 Å². The molecule has 5 nitrogen and oxygen atoms in total. The van der Waals surface area contributed by atoms with Gasteiger partial charge in [0.25, 0.3) is 0 Å². The van der Waals surface area contributed by atoms with E-state index >= 15 is 0 Å². The van der Waals surface area contributed by atoms with E-state index in [0.717, 1.165) is 0 Å². The number of amides is 1. The number of methoxy groups -OCH3 is 1. The lowest BCUT2D eigenvalue weighted by Gasteiger charge is -2.34. The molecule has 1 aliphatic rings. The molecule has 15 heavy (non-hydrogen) atoms. The summed E-state index contributed by atoms with van der Waals surface area (Å²) in [4.78, 5) is 24.1. The Kier molecular flexibility index (Phi) is 4.23. The summed E-state index contributed by atoms with van der Waals surface area (Å²) >= 11 is 0. The highest BCUT2D eigenvalue weighted by atomic mass is 16.5. The summed E-state index contributed by atoms with van der Waals surface area (Å²) in [5, 5.41) is 0. The lowest BCUT2D eigenvalue weighted by Crippen LogP contribution is -2.47. The van der Waals surface area contributed by atoms with E-state index in [9.17, 15) is 9.59 Å².